The number of hydrogen-bond donors (Lipinski definition) is 2. The second-order valence-electron chi connectivity index (χ2n) is 5.84. The Morgan fingerprint density at radius 3 is 2.89 bits per heavy atom. The molecule has 1 saturated heterocycles. The van der Waals surface area contributed by atoms with Gasteiger partial charge in [-0.15, -0.1) is 0 Å². The lowest BCUT2D eigenvalue weighted by molar-refractivity contribution is -0.384. The zero-order valence-electron chi connectivity index (χ0n) is 14.4. The predicted molar refractivity (Wildman–Crippen MR) is 98.9 cm³/mol. The van der Waals surface area contributed by atoms with Crippen molar-refractivity contribution in [3.63, 3.8) is 0 Å². The first kappa shape index (κ1) is 20.2. The fraction of sp³-hybridized carbons (Fsp3) is 0.353. The lowest BCUT2D eigenvalue weighted by Crippen LogP contribution is -2.27. The van der Waals surface area contributed by atoms with Crippen LogP contribution in [0.5, 0.6) is 0 Å². The number of nitro benzene ring substituents is 1. The molecule has 0 unspecified atom stereocenters. The number of carbonyl (C=O) groups excluding carboxylic acids is 2. The molecule has 2 rings (SSSR count). The molecule has 9 nitrogen and oxygen atoms in total. The van der Waals surface area contributed by atoms with Gasteiger partial charge in [-0.25, -0.2) is 0 Å². The van der Waals surface area contributed by atoms with Gasteiger partial charge in [-0.05, 0) is 25.0 Å². The number of rotatable bonds is 8. The van der Waals surface area contributed by atoms with E-state index in [2.05, 4.69) is 10.6 Å². The van der Waals surface area contributed by atoms with Crippen LogP contribution < -0.4 is 10.6 Å². The minimum atomic E-state index is -0.698. The summed E-state index contributed by atoms with van der Waals surface area (Å²) >= 11 is 5.72. The molecule has 0 radical (unpaired) electrons. The molecule has 0 saturated carbocycles. The van der Waals surface area contributed by atoms with E-state index in [4.69, 9.17) is 16.9 Å². The van der Waals surface area contributed by atoms with Gasteiger partial charge in [0.15, 0.2) is 0 Å². The molecule has 10 heteroatoms. The maximum atomic E-state index is 12.1. The Morgan fingerprint density at radius 2 is 2.26 bits per heavy atom. The molecular formula is C17H18ClN5O4. The van der Waals surface area contributed by atoms with Crippen LogP contribution in [0.1, 0.15) is 19.3 Å². The molecule has 0 bridgehead atoms. The smallest absolute Gasteiger partial charge is 0.289 e. The van der Waals surface area contributed by atoms with Crippen molar-refractivity contribution in [1.29, 1.82) is 5.26 Å². The summed E-state index contributed by atoms with van der Waals surface area (Å²) in [5.41, 5.74) is -0.360. The third-order valence-corrected chi connectivity index (χ3v) is 4.25. The molecule has 27 heavy (non-hydrogen) atoms. The topological polar surface area (TPSA) is 128 Å². The normalized spacial score (nSPS) is 14.0. The van der Waals surface area contributed by atoms with E-state index >= 15 is 0 Å². The number of nitro groups is 1. The van der Waals surface area contributed by atoms with Gasteiger partial charge in [-0.2, -0.15) is 5.26 Å². The average molecular weight is 392 g/mol. The van der Waals surface area contributed by atoms with Crippen LogP contribution in [-0.4, -0.2) is 41.3 Å². The summed E-state index contributed by atoms with van der Waals surface area (Å²) in [6.45, 7) is 1.89. The summed E-state index contributed by atoms with van der Waals surface area (Å²) in [5.74, 6) is -0.545. The quantitative estimate of drug-likeness (QED) is 0.230. The number of nitriles is 1. The van der Waals surface area contributed by atoms with Crippen molar-refractivity contribution < 1.29 is 14.5 Å². The molecule has 0 atom stereocenters. The summed E-state index contributed by atoms with van der Waals surface area (Å²) in [6, 6.07) is 5.59. The van der Waals surface area contributed by atoms with E-state index < -0.39 is 10.8 Å². The molecule has 142 valence electrons. The van der Waals surface area contributed by atoms with E-state index in [1.54, 1.807) is 11.0 Å². The Bertz CT molecular complexity index is 818. The number of hydrogen-bond acceptors (Lipinski definition) is 6. The SMILES string of the molecule is N#C/C(=C/NCCCN1CCCC1=O)C(=O)Nc1ccc(Cl)c([N+](=O)[O-])c1. The van der Waals surface area contributed by atoms with Crippen LogP contribution in [0.15, 0.2) is 30.0 Å². The summed E-state index contributed by atoms with van der Waals surface area (Å²) in [6.07, 6.45) is 3.44. The first-order chi connectivity index (χ1) is 12.9. The summed E-state index contributed by atoms with van der Waals surface area (Å²) in [4.78, 5) is 35.6. The molecular weight excluding hydrogens is 374 g/mol. The lowest BCUT2D eigenvalue weighted by atomic mass is 10.2. The number of carbonyl (C=O) groups is 2. The van der Waals surface area contributed by atoms with Crippen LogP contribution in [0.25, 0.3) is 0 Å². The third-order valence-electron chi connectivity index (χ3n) is 3.93. The summed E-state index contributed by atoms with van der Waals surface area (Å²) in [7, 11) is 0. The van der Waals surface area contributed by atoms with Crippen molar-refractivity contribution in [3.05, 3.63) is 45.1 Å². The molecule has 1 aromatic rings. The zero-order valence-corrected chi connectivity index (χ0v) is 15.2. The van der Waals surface area contributed by atoms with Gasteiger partial charge < -0.3 is 15.5 Å². The van der Waals surface area contributed by atoms with Crippen molar-refractivity contribution in [3.8, 4) is 6.07 Å². The Hall–Kier alpha value is -3.12. The monoisotopic (exact) mass is 391 g/mol. The molecule has 1 aromatic carbocycles. The second-order valence-corrected chi connectivity index (χ2v) is 6.25. The lowest BCUT2D eigenvalue weighted by Gasteiger charge is -2.14. The summed E-state index contributed by atoms with van der Waals surface area (Å²) in [5, 5.41) is 25.2. The van der Waals surface area contributed by atoms with Crippen LogP contribution >= 0.6 is 11.6 Å². The van der Waals surface area contributed by atoms with Gasteiger partial charge in [0, 0.05) is 44.0 Å². The highest BCUT2D eigenvalue weighted by molar-refractivity contribution is 6.32. The van der Waals surface area contributed by atoms with Crippen molar-refractivity contribution >= 4 is 34.8 Å². The maximum Gasteiger partial charge on any atom is 0.289 e. The van der Waals surface area contributed by atoms with Crippen LogP contribution in [0.3, 0.4) is 0 Å². The van der Waals surface area contributed by atoms with E-state index in [0.717, 1.165) is 19.0 Å². The third kappa shape index (κ3) is 5.69. The minimum absolute atomic E-state index is 0.0489. The highest BCUT2D eigenvalue weighted by Gasteiger charge is 2.19. The van der Waals surface area contributed by atoms with Crippen molar-refractivity contribution in [2.75, 3.05) is 25.0 Å². The van der Waals surface area contributed by atoms with Crippen LogP contribution in [0, 0.1) is 21.4 Å². The molecule has 1 aliphatic heterocycles. The molecule has 1 fully saturated rings. The predicted octanol–water partition coefficient (Wildman–Crippen LogP) is 2.20. The minimum Gasteiger partial charge on any atom is -0.390 e. The fourth-order valence-electron chi connectivity index (χ4n) is 2.56. The number of anilines is 1. The number of nitrogens with zero attached hydrogens (tertiary/aromatic N) is 3. The van der Waals surface area contributed by atoms with Gasteiger partial charge in [0.1, 0.15) is 16.7 Å². The molecule has 2 amide bonds. The molecule has 1 heterocycles. The largest absolute Gasteiger partial charge is 0.390 e. The Kier molecular flexibility index (Phi) is 7.14. The Balaban J connectivity index is 1.86. The Labute approximate surface area is 160 Å². The molecule has 2 N–H and O–H groups in total. The fourth-order valence-corrected chi connectivity index (χ4v) is 2.75. The summed E-state index contributed by atoms with van der Waals surface area (Å²) < 4.78 is 0. The van der Waals surface area contributed by atoms with Gasteiger partial charge in [0.05, 0.1) is 4.92 Å². The number of likely N-dealkylation sites (tertiary alicyclic amines) is 1. The molecule has 0 aliphatic carbocycles. The van der Waals surface area contributed by atoms with E-state index in [0.29, 0.717) is 25.9 Å². The van der Waals surface area contributed by atoms with E-state index in [1.807, 2.05) is 0 Å². The van der Waals surface area contributed by atoms with Crippen molar-refractivity contribution in [2.24, 2.45) is 0 Å². The number of benzene rings is 1. The second kappa shape index (κ2) is 9.54. The average Bonchev–Trinajstić information content (AvgIpc) is 3.04. The molecule has 1 aliphatic rings. The van der Waals surface area contributed by atoms with Gasteiger partial charge >= 0.3 is 0 Å². The first-order valence-corrected chi connectivity index (χ1v) is 8.67. The molecule has 0 spiro atoms. The van der Waals surface area contributed by atoms with Gasteiger partial charge in [-0.3, -0.25) is 19.7 Å². The number of halogens is 1. The number of nitrogens with one attached hydrogen (secondary N) is 2. The van der Waals surface area contributed by atoms with E-state index in [9.17, 15) is 19.7 Å². The van der Waals surface area contributed by atoms with Gasteiger partial charge in [0.25, 0.3) is 11.6 Å². The zero-order chi connectivity index (χ0) is 19.8. The van der Waals surface area contributed by atoms with Crippen LogP contribution in [0.4, 0.5) is 11.4 Å². The first-order valence-electron chi connectivity index (χ1n) is 8.29. The van der Waals surface area contributed by atoms with E-state index in [1.165, 1.54) is 18.3 Å². The van der Waals surface area contributed by atoms with Gasteiger partial charge in [-0.1, -0.05) is 11.6 Å². The van der Waals surface area contributed by atoms with Crippen LogP contribution in [0.2, 0.25) is 5.02 Å². The number of amides is 2. The Morgan fingerprint density at radius 1 is 1.48 bits per heavy atom. The van der Waals surface area contributed by atoms with Crippen molar-refractivity contribution in [2.45, 2.75) is 19.3 Å². The highest BCUT2D eigenvalue weighted by Crippen LogP contribution is 2.27. The van der Waals surface area contributed by atoms with Crippen molar-refractivity contribution in [1.82, 2.24) is 10.2 Å². The molecule has 0 aromatic heterocycles. The van der Waals surface area contributed by atoms with Gasteiger partial charge in [0.2, 0.25) is 5.91 Å². The van der Waals surface area contributed by atoms with E-state index in [-0.39, 0.29) is 27.9 Å². The maximum absolute atomic E-state index is 12.1. The van der Waals surface area contributed by atoms with Crippen LogP contribution in [-0.2, 0) is 9.59 Å². The standard InChI is InChI=1S/C17H18ClN5O4/c18-14-5-4-13(9-15(14)23(26)27)21-17(25)12(10-19)11-20-6-2-8-22-7-1-3-16(22)24/h4-5,9,11,20H,1-3,6-8H2,(H,21,25)/b12-11-. The highest BCUT2D eigenvalue weighted by atomic mass is 35.5.